The average Bonchev–Trinajstić information content (AvgIpc) is 3.74. The number of fused-ring (bicyclic) bond motifs is 1. The fourth-order valence-corrected chi connectivity index (χ4v) is 6.63. The van der Waals surface area contributed by atoms with Crippen molar-refractivity contribution in [1.82, 2.24) is 19.5 Å². The zero-order valence-electron chi connectivity index (χ0n) is 35.2. The van der Waals surface area contributed by atoms with Crippen LogP contribution < -0.4 is 5.73 Å². The van der Waals surface area contributed by atoms with Crippen LogP contribution in [0.1, 0.15) is 80.9 Å². The smallest absolute Gasteiger partial charge is 0.307 e. The lowest BCUT2D eigenvalue weighted by Gasteiger charge is -2.36. The molecule has 13 nitrogen and oxygen atoms in total. The number of rotatable bonds is 16. The Balaban J connectivity index is 1.24. The first-order valence-corrected chi connectivity index (χ1v) is 19.6. The number of hydrogen-bond acceptors (Lipinski definition) is 12. The molecule has 13 heteroatoms. The number of ketones is 1. The highest BCUT2D eigenvalue weighted by molar-refractivity contribution is 6.01. The van der Waals surface area contributed by atoms with E-state index in [9.17, 15) is 24.6 Å². The first-order valence-electron chi connectivity index (χ1n) is 19.6. The van der Waals surface area contributed by atoms with Gasteiger partial charge in [-0.15, -0.1) is 0 Å². The number of anilines is 1. The largest absolute Gasteiger partial charge is 0.463 e. The summed E-state index contributed by atoms with van der Waals surface area (Å²) in [6, 6.07) is 0. The van der Waals surface area contributed by atoms with E-state index in [4.69, 9.17) is 19.9 Å². The lowest BCUT2D eigenvalue weighted by atomic mass is 9.71. The molecule has 2 aromatic heterocycles. The molecular formula is C46H57N5O8. The van der Waals surface area contributed by atoms with E-state index in [1.807, 2.05) is 95.4 Å². The summed E-state index contributed by atoms with van der Waals surface area (Å²) in [5, 5.41) is 21.2. The summed E-state index contributed by atoms with van der Waals surface area (Å²) in [5.41, 5.74) is 11.8. The van der Waals surface area contributed by atoms with Crippen LogP contribution in [0.2, 0.25) is 0 Å². The average molecular weight is 808 g/mol. The first-order chi connectivity index (χ1) is 28.0. The van der Waals surface area contributed by atoms with Crippen LogP contribution in [0.4, 0.5) is 5.82 Å². The minimum absolute atomic E-state index is 0.144. The summed E-state index contributed by atoms with van der Waals surface area (Å²) in [6.07, 6.45) is 24.7. The molecule has 0 amide bonds. The Hall–Kier alpha value is -5.76. The summed E-state index contributed by atoms with van der Waals surface area (Å²) in [7, 11) is 0. The topological polar surface area (TPSA) is 189 Å². The van der Waals surface area contributed by atoms with Gasteiger partial charge in [0.2, 0.25) is 0 Å². The molecule has 0 bridgehead atoms. The highest BCUT2D eigenvalue weighted by Gasteiger charge is 2.45. The number of carbonyl (C=O) groups excluding carboxylic acids is 3. The standard InChI is InChI=1S/C46H57N5O8/c1-9-14-29(2)17-12-18-30(3)15-10-11-16-31(4)19-13-20-32(5)21-22-34-33(6)40(54)35(25-46(34,7)8)58-38(53)24-23-37(52)57-26-36-41(55)42(56)45(59-36)51-28-50-39-43(47)48-27-49-44(39)51/h9-22,27-28,35-36,41-42,45,55-56H,23-26H2,1-8H3,(H2,47,48,49). The van der Waals surface area contributed by atoms with Crippen LogP contribution in [0, 0.1) is 5.41 Å². The molecule has 4 rings (SSSR count). The van der Waals surface area contributed by atoms with Crippen molar-refractivity contribution in [2.75, 3.05) is 12.3 Å². The van der Waals surface area contributed by atoms with E-state index < -0.39 is 48.0 Å². The Morgan fingerprint density at radius 2 is 1.47 bits per heavy atom. The lowest BCUT2D eigenvalue weighted by Crippen LogP contribution is -2.39. The van der Waals surface area contributed by atoms with E-state index in [1.165, 1.54) is 22.8 Å². The SMILES string of the molecule is CC=CC(C)=CC=CC(C)=CC=CC=C(C)C=CC=C(C)C=CC1=C(C)C(=O)C(OC(=O)CCC(=O)OCC2OC(n3cnc4c(N)ncnc43)C(O)C2O)CC1(C)C. The fourth-order valence-electron chi connectivity index (χ4n) is 6.63. The number of nitrogens with zero attached hydrogens (tertiary/aromatic N) is 4. The maximum Gasteiger partial charge on any atom is 0.307 e. The molecule has 4 N–H and O–H groups in total. The summed E-state index contributed by atoms with van der Waals surface area (Å²) in [5.74, 6) is -1.59. The third-order valence-electron chi connectivity index (χ3n) is 9.91. The quantitative estimate of drug-likeness (QED) is 0.115. The molecule has 1 saturated heterocycles. The van der Waals surface area contributed by atoms with E-state index in [1.54, 1.807) is 6.92 Å². The number of imidazole rings is 1. The van der Waals surface area contributed by atoms with E-state index >= 15 is 0 Å². The van der Waals surface area contributed by atoms with Gasteiger partial charge in [-0.3, -0.25) is 19.0 Å². The molecule has 0 radical (unpaired) electrons. The Morgan fingerprint density at radius 3 is 2.12 bits per heavy atom. The van der Waals surface area contributed by atoms with Crippen molar-refractivity contribution in [3.8, 4) is 0 Å². The van der Waals surface area contributed by atoms with Gasteiger partial charge in [-0.2, -0.15) is 0 Å². The van der Waals surface area contributed by atoms with Crippen LogP contribution in [0.15, 0.2) is 131 Å². The molecule has 1 aliphatic carbocycles. The van der Waals surface area contributed by atoms with Crippen molar-refractivity contribution >= 4 is 34.7 Å². The number of ether oxygens (including phenoxy) is 3. The lowest BCUT2D eigenvalue weighted by molar-refractivity contribution is -0.159. The van der Waals surface area contributed by atoms with Gasteiger partial charge < -0.3 is 30.2 Å². The van der Waals surface area contributed by atoms with Gasteiger partial charge in [-0.1, -0.05) is 121 Å². The van der Waals surface area contributed by atoms with Crippen molar-refractivity contribution in [1.29, 1.82) is 0 Å². The van der Waals surface area contributed by atoms with Crippen molar-refractivity contribution in [2.24, 2.45) is 5.41 Å². The van der Waals surface area contributed by atoms with Gasteiger partial charge in [0.1, 0.15) is 36.8 Å². The van der Waals surface area contributed by atoms with Crippen molar-refractivity contribution in [3.05, 3.63) is 131 Å². The number of aliphatic hydroxyl groups excluding tert-OH is 2. The second kappa shape index (κ2) is 21.3. The second-order valence-electron chi connectivity index (χ2n) is 15.4. The molecule has 0 spiro atoms. The predicted octanol–water partition coefficient (Wildman–Crippen LogP) is 7.16. The molecule has 2 aromatic rings. The third-order valence-corrected chi connectivity index (χ3v) is 9.91. The number of hydrogen-bond donors (Lipinski definition) is 3. The van der Waals surface area contributed by atoms with Crippen LogP contribution in [0.25, 0.3) is 11.2 Å². The number of allylic oxidation sites excluding steroid dienone is 19. The molecule has 0 saturated carbocycles. The monoisotopic (exact) mass is 807 g/mol. The number of aromatic nitrogens is 4. The van der Waals surface area contributed by atoms with Gasteiger partial charge in [0.15, 0.2) is 29.6 Å². The van der Waals surface area contributed by atoms with Gasteiger partial charge in [0.25, 0.3) is 0 Å². The molecule has 5 unspecified atom stereocenters. The van der Waals surface area contributed by atoms with E-state index in [0.29, 0.717) is 16.7 Å². The molecule has 0 aromatic carbocycles. The Kier molecular flexibility index (Phi) is 16.6. The number of nitrogens with two attached hydrogens (primary N) is 1. The third kappa shape index (κ3) is 12.9. The van der Waals surface area contributed by atoms with Gasteiger partial charge in [0, 0.05) is 6.42 Å². The van der Waals surface area contributed by atoms with Gasteiger partial charge in [-0.05, 0) is 58.1 Å². The summed E-state index contributed by atoms with van der Waals surface area (Å²) < 4.78 is 18.0. The van der Waals surface area contributed by atoms with E-state index in [-0.39, 0.29) is 37.5 Å². The summed E-state index contributed by atoms with van der Waals surface area (Å²) in [6.45, 7) is 15.5. The molecule has 5 atom stereocenters. The maximum atomic E-state index is 13.3. The van der Waals surface area contributed by atoms with Crippen LogP contribution in [0.3, 0.4) is 0 Å². The van der Waals surface area contributed by atoms with E-state index in [0.717, 1.165) is 22.3 Å². The Labute approximate surface area is 346 Å². The molecule has 1 fully saturated rings. The molecule has 3 heterocycles. The van der Waals surface area contributed by atoms with Gasteiger partial charge in [-0.25, -0.2) is 15.0 Å². The predicted molar refractivity (Wildman–Crippen MR) is 228 cm³/mol. The molecule has 314 valence electrons. The summed E-state index contributed by atoms with van der Waals surface area (Å²) >= 11 is 0. The summed E-state index contributed by atoms with van der Waals surface area (Å²) in [4.78, 5) is 50.8. The minimum Gasteiger partial charge on any atom is -0.463 e. The van der Waals surface area contributed by atoms with Crippen LogP contribution in [-0.4, -0.2) is 78.5 Å². The second-order valence-corrected chi connectivity index (χ2v) is 15.4. The van der Waals surface area contributed by atoms with Crippen LogP contribution in [0.5, 0.6) is 0 Å². The van der Waals surface area contributed by atoms with Crippen molar-refractivity contribution in [2.45, 2.75) is 105 Å². The number of esters is 2. The number of nitrogen functional groups attached to an aromatic ring is 1. The Bertz CT molecular complexity index is 2180. The van der Waals surface area contributed by atoms with Crippen molar-refractivity contribution in [3.63, 3.8) is 0 Å². The molecule has 59 heavy (non-hydrogen) atoms. The zero-order valence-corrected chi connectivity index (χ0v) is 35.2. The number of carbonyl (C=O) groups is 3. The maximum absolute atomic E-state index is 13.3. The highest BCUT2D eigenvalue weighted by atomic mass is 16.6. The highest BCUT2D eigenvalue weighted by Crippen LogP contribution is 2.41. The Morgan fingerprint density at radius 1 is 0.881 bits per heavy atom. The molecular weight excluding hydrogens is 751 g/mol. The van der Waals surface area contributed by atoms with Crippen molar-refractivity contribution < 1.29 is 38.8 Å². The zero-order chi connectivity index (χ0) is 43.3. The van der Waals surface area contributed by atoms with Gasteiger partial charge >= 0.3 is 11.9 Å². The minimum atomic E-state index is -1.39. The number of Topliss-reactive ketones (excluding diaryl/α,β-unsaturated/α-hetero) is 1. The van der Waals surface area contributed by atoms with E-state index in [2.05, 4.69) is 53.1 Å². The number of aliphatic hydroxyl groups is 2. The molecule has 2 aliphatic rings. The first kappa shape index (κ1) is 45.9. The van der Waals surface area contributed by atoms with Crippen LogP contribution in [-0.2, 0) is 28.6 Å². The normalized spacial score (nSPS) is 23.7. The molecule has 1 aliphatic heterocycles. The van der Waals surface area contributed by atoms with Crippen LogP contribution >= 0.6 is 0 Å². The van der Waals surface area contributed by atoms with Gasteiger partial charge in [0.05, 0.1) is 19.2 Å². The fraction of sp³-hybridized carbons (Fsp3) is 0.391.